The minimum Gasteiger partial charge on any atom is -0.317 e. The van der Waals surface area contributed by atoms with Gasteiger partial charge in [0.05, 0.1) is 5.37 Å². The molecule has 56 valence electrons. The molecule has 0 saturated carbocycles. The summed E-state index contributed by atoms with van der Waals surface area (Å²) in [5.41, 5.74) is 5.50. The largest absolute Gasteiger partial charge is 0.317 e. The van der Waals surface area contributed by atoms with Crippen molar-refractivity contribution in [3.63, 3.8) is 0 Å². The van der Waals surface area contributed by atoms with Gasteiger partial charge in [0.2, 0.25) is 0 Å². The summed E-state index contributed by atoms with van der Waals surface area (Å²) >= 11 is 0. The quantitative estimate of drug-likeness (QED) is 0.643. The van der Waals surface area contributed by atoms with Crippen LogP contribution in [0.3, 0.4) is 0 Å². The van der Waals surface area contributed by atoms with Crippen LogP contribution in [0.1, 0.15) is 26.7 Å². The lowest BCUT2D eigenvalue weighted by Crippen LogP contribution is -2.26. The van der Waals surface area contributed by atoms with Gasteiger partial charge in [0.1, 0.15) is 0 Å². The molecule has 0 saturated heterocycles. The summed E-state index contributed by atoms with van der Waals surface area (Å²) < 4.78 is 11.0. The van der Waals surface area contributed by atoms with Crippen LogP contribution in [-0.2, 0) is 10.8 Å². The smallest absolute Gasteiger partial charge is 0.0807 e. The van der Waals surface area contributed by atoms with Crippen molar-refractivity contribution in [3.05, 3.63) is 0 Å². The first-order valence-corrected chi connectivity index (χ1v) is 4.73. The van der Waals surface area contributed by atoms with Crippen LogP contribution in [0.4, 0.5) is 0 Å². The Morgan fingerprint density at radius 1 is 1.56 bits per heavy atom. The molecule has 0 aromatic carbocycles. The summed E-state index contributed by atoms with van der Waals surface area (Å²) in [4.78, 5) is 0. The van der Waals surface area contributed by atoms with Crippen molar-refractivity contribution in [2.45, 2.75) is 32.1 Å². The minimum atomic E-state index is -0.787. The Hall–Kier alpha value is 0.110. The maximum atomic E-state index is 11.0. The fraction of sp³-hybridized carbons (Fsp3) is 1.00. The normalized spacial score (nSPS) is 17.2. The molecule has 2 nitrogen and oxygen atoms in total. The average Bonchev–Trinajstić information content (AvgIpc) is 1.87. The third-order valence-corrected chi connectivity index (χ3v) is 2.96. The molecule has 0 rings (SSSR count). The first kappa shape index (κ1) is 9.11. The molecule has 0 amide bonds. The molecule has 0 heterocycles. The predicted molar refractivity (Wildman–Crippen MR) is 41.6 cm³/mol. The zero-order valence-electron chi connectivity index (χ0n) is 6.09. The number of nitrogens with two attached hydrogens (primary N) is 1. The van der Waals surface area contributed by atoms with E-state index in [1.54, 1.807) is 0 Å². The maximum Gasteiger partial charge on any atom is 0.0807 e. The molecule has 0 aliphatic heterocycles. The number of hydrogen-bond acceptors (Lipinski definition) is 2. The van der Waals surface area contributed by atoms with E-state index in [-0.39, 0.29) is 5.37 Å². The van der Waals surface area contributed by atoms with Gasteiger partial charge in [-0.2, -0.15) is 0 Å². The Bertz CT molecular complexity index is 95.1. The summed E-state index contributed by atoms with van der Waals surface area (Å²) in [6.07, 6.45) is 1.77. The molecule has 0 aliphatic rings. The standard InChI is InChI=1S/C6H15NOS/c1-3-5-9(8)6(7)4-2/h6H,3-5,7H2,1-2H3. The number of hydrogen-bond donors (Lipinski definition) is 1. The predicted octanol–water partition coefficient (Wildman–Crippen LogP) is 0.840. The number of rotatable bonds is 4. The highest BCUT2D eigenvalue weighted by Crippen LogP contribution is 1.95. The molecule has 0 aliphatic carbocycles. The molecular formula is C6H15NOS. The van der Waals surface area contributed by atoms with Crippen molar-refractivity contribution < 1.29 is 4.21 Å². The summed E-state index contributed by atoms with van der Waals surface area (Å²) in [6, 6.07) is 0. The van der Waals surface area contributed by atoms with E-state index in [0.29, 0.717) is 0 Å². The Labute approximate surface area is 59.3 Å². The van der Waals surface area contributed by atoms with Gasteiger partial charge in [0, 0.05) is 16.6 Å². The second kappa shape index (κ2) is 4.94. The second-order valence-electron chi connectivity index (χ2n) is 2.03. The van der Waals surface area contributed by atoms with Crippen molar-refractivity contribution in [1.82, 2.24) is 0 Å². The molecule has 0 bridgehead atoms. The van der Waals surface area contributed by atoms with E-state index in [1.807, 2.05) is 13.8 Å². The summed E-state index contributed by atoms with van der Waals surface area (Å²) in [6.45, 7) is 3.97. The average molecular weight is 149 g/mol. The van der Waals surface area contributed by atoms with Crippen molar-refractivity contribution in [2.75, 3.05) is 5.75 Å². The van der Waals surface area contributed by atoms with E-state index < -0.39 is 10.8 Å². The van der Waals surface area contributed by atoms with Crippen molar-refractivity contribution in [2.24, 2.45) is 5.73 Å². The maximum absolute atomic E-state index is 11.0. The van der Waals surface area contributed by atoms with Gasteiger partial charge in [0.25, 0.3) is 0 Å². The van der Waals surface area contributed by atoms with Crippen molar-refractivity contribution in [3.8, 4) is 0 Å². The van der Waals surface area contributed by atoms with Crippen molar-refractivity contribution >= 4 is 10.8 Å². The van der Waals surface area contributed by atoms with Crippen LogP contribution in [0, 0.1) is 0 Å². The third kappa shape index (κ3) is 3.65. The Morgan fingerprint density at radius 3 is 2.44 bits per heavy atom. The molecule has 2 atom stereocenters. The van der Waals surface area contributed by atoms with Gasteiger partial charge in [-0.25, -0.2) is 0 Å². The molecule has 0 aromatic rings. The van der Waals surface area contributed by atoms with E-state index >= 15 is 0 Å². The molecule has 0 radical (unpaired) electrons. The lowest BCUT2D eigenvalue weighted by Gasteiger charge is -2.05. The summed E-state index contributed by atoms with van der Waals surface area (Å²) in [5, 5.41) is -0.107. The lowest BCUT2D eigenvalue weighted by molar-refractivity contribution is 0.665. The van der Waals surface area contributed by atoms with E-state index in [1.165, 1.54) is 0 Å². The van der Waals surface area contributed by atoms with Crippen LogP contribution in [0.25, 0.3) is 0 Å². The van der Waals surface area contributed by atoms with Gasteiger partial charge in [-0.15, -0.1) is 0 Å². The second-order valence-corrected chi connectivity index (χ2v) is 3.81. The van der Waals surface area contributed by atoms with Gasteiger partial charge < -0.3 is 5.73 Å². The summed E-state index contributed by atoms with van der Waals surface area (Å²) in [7, 11) is -0.787. The van der Waals surface area contributed by atoms with E-state index in [0.717, 1.165) is 18.6 Å². The van der Waals surface area contributed by atoms with Crippen molar-refractivity contribution in [1.29, 1.82) is 0 Å². The van der Waals surface area contributed by atoms with Gasteiger partial charge in [-0.3, -0.25) is 4.21 Å². The van der Waals surface area contributed by atoms with Crippen LogP contribution >= 0.6 is 0 Å². The van der Waals surface area contributed by atoms with Crippen LogP contribution in [0.5, 0.6) is 0 Å². The first-order valence-electron chi connectivity index (χ1n) is 3.35. The fourth-order valence-corrected chi connectivity index (χ4v) is 1.62. The highest BCUT2D eigenvalue weighted by atomic mass is 32.2. The van der Waals surface area contributed by atoms with Gasteiger partial charge in [0.15, 0.2) is 0 Å². The first-order chi connectivity index (χ1) is 4.22. The van der Waals surface area contributed by atoms with E-state index in [2.05, 4.69) is 0 Å². The van der Waals surface area contributed by atoms with Gasteiger partial charge in [-0.1, -0.05) is 13.8 Å². The fourth-order valence-electron chi connectivity index (χ4n) is 0.538. The Kier molecular flexibility index (Phi) is 5.00. The minimum absolute atomic E-state index is 0.107. The monoisotopic (exact) mass is 149 g/mol. The lowest BCUT2D eigenvalue weighted by atomic mass is 10.5. The molecule has 3 heteroatoms. The zero-order valence-corrected chi connectivity index (χ0v) is 6.91. The summed E-state index contributed by atoms with van der Waals surface area (Å²) in [5.74, 6) is 0.745. The highest BCUT2D eigenvalue weighted by Gasteiger charge is 2.05. The zero-order chi connectivity index (χ0) is 7.28. The molecule has 9 heavy (non-hydrogen) atoms. The molecular weight excluding hydrogens is 134 g/mol. The molecule has 0 aromatic heterocycles. The van der Waals surface area contributed by atoms with Crippen LogP contribution in [0.15, 0.2) is 0 Å². The molecule has 0 spiro atoms. The van der Waals surface area contributed by atoms with E-state index in [9.17, 15) is 4.21 Å². The Balaban J connectivity index is 3.46. The highest BCUT2D eigenvalue weighted by molar-refractivity contribution is 7.85. The third-order valence-electron chi connectivity index (χ3n) is 1.15. The van der Waals surface area contributed by atoms with Gasteiger partial charge in [-0.05, 0) is 12.8 Å². The SMILES string of the molecule is CCCS(=O)C(N)CC. The molecule has 2 N–H and O–H groups in total. The van der Waals surface area contributed by atoms with Crippen LogP contribution < -0.4 is 5.73 Å². The molecule has 2 unspecified atom stereocenters. The topological polar surface area (TPSA) is 43.1 Å². The van der Waals surface area contributed by atoms with Gasteiger partial charge >= 0.3 is 0 Å². The Morgan fingerprint density at radius 2 is 2.11 bits per heavy atom. The van der Waals surface area contributed by atoms with Crippen LogP contribution in [-0.4, -0.2) is 15.3 Å². The van der Waals surface area contributed by atoms with E-state index in [4.69, 9.17) is 5.73 Å². The van der Waals surface area contributed by atoms with Crippen LogP contribution in [0.2, 0.25) is 0 Å². The molecule has 0 fully saturated rings.